The van der Waals surface area contributed by atoms with Gasteiger partial charge in [0.05, 0.1) is 6.04 Å². The zero-order chi connectivity index (χ0) is 13.4. The number of nitrogens with one attached hydrogen (secondary N) is 2. The van der Waals surface area contributed by atoms with Crippen molar-refractivity contribution in [2.75, 3.05) is 0 Å². The Kier molecular flexibility index (Phi) is 2.94. The van der Waals surface area contributed by atoms with Crippen molar-refractivity contribution in [2.45, 2.75) is 24.4 Å². The first-order valence-corrected chi connectivity index (χ1v) is 5.24. The van der Waals surface area contributed by atoms with Gasteiger partial charge in [-0.05, 0) is 5.56 Å². The van der Waals surface area contributed by atoms with Gasteiger partial charge < -0.3 is 15.7 Å². The fraction of sp³-hybridized carbons (Fsp3) is 0.364. The van der Waals surface area contributed by atoms with E-state index in [1.807, 2.05) is 0 Å². The number of benzene rings is 1. The average Bonchev–Trinajstić information content (AvgIpc) is 2.27. The summed E-state index contributed by atoms with van der Waals surface area (Å²) in [4.78, 5) is 11.2. The van der Waals surface area contributed by atoms with Gasteiger partial charge in [-0.3, -0.25) is 0 Å². The van der Waals surface area contributed by atoms with Gasteiger partial charge in [-0.1, -0.05) is 30.3 Å². The highest BCUT2D eigenvalue weighted by Crippen LogP contribution is 2.37. The summed E-state index contributed by atoms with van der Waals surface area (Å²) in [5.74, 6) is 0. The maximum Gasteiger partial charge on any atom is 0.436 e. The van der Waals surface area contributed by atoms with Crippen LogP contribution in [0.3, 0.4) is 0 Å². The van der Waals surface area contributed by atoms with Crippen molar-refractivity contribution in [3.05, 3.63) is 35.9 Å². The lowest BCUT2D eigenvalue weighted by Gasteiger charge is -2.39. The van der Waals surface area contributed by atoms with Crippen molar-refractivity contribution in [1.82, 2.24) is 10.6 Å². The highest BCUT2D eigenvalue weighted by atomic mass is 19.4. The molecule has 0 aromatic heterocycles. The molecule has 2 amide bonds. The maximum atomic E-state index is 12.7. The normalized spacial score (nSPS) is 28.4. The van der Waals surface area contributed by atoms with E-state index in [1.54, 1.807) is 30.3 Å². The first-order valence-electron chi connectivity index (χ1n) is 5.24. The van der Waals surface area contributed by atoms with Gasteiger partial charge in [0.25, 0.3) is 0 Å². The molecule has 3 N–H and O–H groups in total. The molecule has 4 nitrogen and oxygen atoms in total. The van der Waals surface area contributed by atoms with Crippen LogP contribution in [0.2, 0.25) is 0 Å². The summed E-state index contributed by atoms with van der Waals surface area (Å²) in [7, 11) is 0. The molecule has 0 saturated carbocycles. The van der Waals surface area contributed by atoms with Crippen molar-refractivity contribution >= 4 is 6.03 Å². The van der Waals surface area contributed by atoms with Crippen molar-refractivity contribution in [1.29, 1.82) is 0 Å². The largest absolute Gasteiger partial charge is 0.436 e. The Hall–Kier alpha value is -1.76. The number of alkyl halides is 3. The summed E-state index contributed by atoms with van der Waals surface area (Å²) in [5, 5.41) is 13.4. The van der Waals surface area contributed by atoms with Gasteiger partial charge in [0.15, 0.2) is 0 Å². The summed E-state index contributed by atoms with van der Waals surface area (Å²) >= 11 is 0. The van der Waals surface area contributed by atoms with E-state index in [9.17, 15) is 23.1 Å². The molecule has 1 aliphatic rings. The van der Waals surface area contributed by atoms with Gasteiger partial charge in [0, 0.05) is 6.42 Å². The zero-order valence-electron chi connectivity index (χ0n) is 9.16. The second-order valence-corrected chi connectivity index (χ2v) is 4.12. The van der Waals surface area contributed by atoms with Crippen LogP contribution in [0.4, 0.5) is 18.0 Å². The third-order valence-electron chi connectivity index (χ3n) is 2.80. The summed E-state index contributed by atoms with van der Waals surface area (Å²) in [5.41, 5.74) is -2.69. The minimum Gasteiger partial charge on any atom is -0.363 e. The van der Waals surface area contributed by atoms with E-state index in [0.29, 0.717) is 5.56 Å². The van der Waals surface area contributed by atoms with Crippen LogP contribution in [0.25, 0.3) is 0 Å². The smallest absolute Gasteiger partial charge is 0.363 e. The van der Waals surface area contributed by atoms with E-state index < -0.39 is 30.4 Å². The molecule has 1 aliphatic heterocycles. The second kappa shape index (κ2) is 4.16. The van der Waals surface area contributed by atoms with Crippen LogP contribution in [0.1, 0.15) is 18.0 Å². The Bertz CT molecular complexity index is 449. The SMILES string of the molecule is O=C1N[C@H](c2ccccc2)C[C@](O)(C(F)(F)F)N1. The van der Waals surface area contributed by atoms with Crippen LogP contribution in [0.15, 0.2) is 30.3 Å². The molecule has 0 spiro atoms. The summed E-state index contributed by atoms with van der Waals surface area (Å²) < 4.78 is 38.1. The van der Waals surface area contributed by atoms with E-state index in [-0.39, 0.29) is 0 Å². The molecule has 7 heteroatoms. The number of rotatable bonds is 1. The van der Waals surface area contributed by atoms with Crippen LogP contribution in [0.5, 0.6) is 0 Å². The molecule has 2 atom stereocenters. The van der Waals surface area contributed by atoms with Gasteiger partial charge in [0.1, 0.15) is 0 Å². The lowest BCUT2D eigenvalue weighted by Crippen LogP contribution is -2.66. The molecular weight excluding hydrogens is 249 g/mol. The number of hydrogen-bond acceptors (Lipinski definition) is 2. The Morgan fingerprint density at radius 1 is 1.28 bits per heavy atom. The molecule has 98 valence electrons. The number of carbonyl (C=O) groups excluding carboxylic acids is 1. The molecular formula is C11H11F3N2O2. The topological polar surface area (TPSA) is 61.4 Å². The lowest BCUT2D eigenvalue weighted by molar-refractivity contribution is -0.275. The predicted octanol–water partition coefficient (Wildman–Crippen LogP) is 1.68. The molecule has 0 radical (unpaired) electrons. The molecule has 0 unspecified atom stereocenters. The van der Waals surface area contributed by atoms with Crippen molar-refractivity contribution in [3.8, 4) is 0 Å². The molecule has 18 heavy (non-hydrogen) atoms. The van der Waals surface area contributed by atoms with Crippen LogP contribution < -0.4 is 10.6 Å². The number of urea groups is 1. The van der Waals surface area contributed by atoms with E-state index in [4.69, 9.17) is 0 Å². The molecule has 0 bridgehead atoms. The second-order valence-electron chi connectivity index (χ2n) is 4.12. The molecule has 1 aromatic rings. The predicted molar refractivity (Wildman–Crippen MR) is 56.5 cm³/mol. The fourth-order valence-corrected chi connectivity index (χ4v) is 1.85. The van der Waals surface area contributed by atoms with Crippen LogP contribution >= 0.6 is 0 Å². The zero-order valence-corrected chi connectivity index (χ0v) is 9.16. The quantitative estimate of drug-likeness (QED) is 0.719. The van der Waals surface area contributed by atoms with E-state index in [1.165, 1.54) is 5.32 Å². The summed E-state index contributed by atoms with van der Waals surface area (Å²) in [6.07, 6.45) is -5.59. The van der Waals surface area contributed by atoms with Crippen molar-refractivity contribution in [3.63, 3.8) is 0 Å². The molecule has 1 heterocycles. The van der Waals surface area contributed by atoms with Gasteiger partial charge >= 0.3 is 12.2 Å². The van der Waals surface area contributed by atoms with Crippen LogP contribution in [-0.4, -0.2) is 23.0 Å². The summed E-state index contributed by atoms with van der Waals surface area (Å²) in [6, 6.07) is 6.26. The van der Waals surface area contributed by atoms with Gasteiger partial charge in [-0.25, -0.2) is 4.79 Å². The molecule has 2 rings (SSSR count). The minimum atomic E-state index is -4.92. The van der Waals surface area contributed by atoms with E-state index in [0.717, 1.165) is 0 Å². The van der Waals surface area contributed by atoms with Crippen molar-refractivity contribution < 1.29 is 23.1 Å². The van der Waals surface area contributed by atoms with E-state index >= 15 is 0 Å². The Balaban J connectivity index is 2.28. The number of amides is 2. The highest BCUT2D eigenvalue weighted by Gasteiger charge is 2.58. The maximum absolute atomic E-state index is 12.7. The van der Waals surface area contributed by atoms with Gasteiger partial charge in [-0.2, -0.15) is 13.2 Å². The van der Waals surface area contributed by atoms with Gasteiger partial charge in [-0.15, -0.1) is 0 Å². The first-order chi connectivity index (χ1) is 8.32. The monoisotopic (exact) mass is 260 g/mol. The molecule has 1 aromatic carbocycles. The Morgan fingerprint density at radius 3 is 2.44 bits per heavy atom. The number of halogens is 3. The standard InChI is InChI=1S/C11H11F3N2O2/c12-11(13,14)10(18)6-8(15-9(17)16-10)7-4-2-1-3-5-7/h1-5,8,18H,6H2,(H2,15,16,17)/t8-,10-/m0/s1. The third-order valence-corrected chi connectivity index (χ3v) is 2.80. The first kappa shape index (κ1) is 12.7. The third kappa shape index (κ3) is 2.26. The number of hydrogen-bond donors (Lipinski definition) is 3. The Morgan fingerprint density at radius 2 is 1.89 bits per heavy atom. The van der Waals surface area contributed by atoms with Gasteiger partial charge in [0.2, 0.25) is 5.72 Å². The fourth-order valence-electron chi connectivity index (χ4n) is 1.85. The van der Waals surface area contributed by atoms with Crippen LogP contribution in [0, 0.1) is 0 Å². The molecule has 0 aliphatic carbocycles. The molecule has 1 fully saturated rings. The van der Waals surface area contributed by atoms with Crippen molar-refractivity contribution in [2.24, 2.45) is 0 Å². The number of carbonyl (C=O) groups is 1. The van der Waals surface area contributed by atoms with E-state index in [2.05, 4.69) is 5.32 Å². The highest BCUT2D eigenvalue weighted by molar-refractivity contribution is 5.76. The lowest BCUT2D eigenvalue weighted by atomic mass is 9.94. The minimum absolute atomic E-state index is 0.509. The van der Waals surface area contributed by atoms with Crippen LogP contribution in [-0.2, 0) is 0 Å². The summed E-state index contributed by atoms with van der Waals surface area (Å²) in [6.45, 7) is 0. The average molecular weight is 260 g/mol. The molecule has 1 saturated heterocycles. The number of aliphatic hydroxyl groups is 1. The Labute approximate surface area is 101 Å².